The van der Waals surface area contributed by atoms with Gasteiger partial charge < -0.3 is 10.4 Å². The second-order valence-electron chi connectivity index (χ2n) is 3.95. The van der Waals surface area contributed by atoms with E-state index in [4.69, 9.17) is 28.3 Å². The van der Waals surface area contributed by atoms with Gasteiger partial charge in [0.05, 0.1) is 22.2 Å². The standard InChI is InChI=1S/C14H11Cl2NO2/c15-10-5-3-6-11(16)14(10)17-12-7-2-1-4-9(12)8-13(18)19/h1-7,17H,8H2,(H,18,19)/p+1. The second kappa shape index (κ2) is 5.95. The van der Waals surface area contributed by atoms with Crippen LogP contribution in [0.1, 0.15) is 6.99 Å². The molecule has 0 spiro atoms. The molecule has 98 valence electrons. The highest BCUT2D eigenvalue weighted by Crippen LogP contribution is 2.33. The van der Waals surface area contributed by atoms with E-state index in [2.05, 4.69) is 5.32 Å². The number of hydrogen-bond acceptors (Lipinski definition) is 2. The summed E-state index contributed by atoms with van der Waals surface area (Å²) in [6, 6.07) is 12.3. The number of para-hydroxylation sites is 2. The SMILES string of the molecule is O=C(O)Cc1ccccc1Nc1c(Cl)cccc1Cl.[H+]. The van der Waals surface area contributed by atoms with Crippen molar-refractivity contribution < 1.29 is 11.3 Å². The minimum Gasteiger partial charge on any atom is -0.481 e. The number of nitrogens with one attached hydrogen (secondary N) is 1. The van der Waals surface area contributed by atoms with Crippen LogP contribution in [0.5, 0.6) is 0 Å². The molecule has 0 saturated carbocycles. The van der Waals surface area contributed by atoms with Gasteiger partial charge in [0.15, 0.2) is 0 Å². The molecule has 5 heteroatoms. The first-order valence-corrected chi connectivity index (χ1v) is 6.34. The fourth-order valence-corrected chi connectivity index (χ4v) is 2.20. The monoisotopic (exact) mass is 296 g/mol. The van der Waals surface area contributed by atoms with E-state index in [-0.39, 0.29) is 7.85 Å². The Morgan fingerprint density at radius 2 is 1.74 bits per heavy atom. The van der Waals surface area contributed by atoms with Crippen molar-refractivity contribution in [3.8, 4) is 0 Å². The predicted molar refractivity (Wildman–Crippen MR) is 78.6 cm³/mol. The third kappa shape index (κ3) is 3.40. The minimum absolute atomic E-state index is 0. The molecule has 0 aliphatic rings. The largest absolute Gasteiger partial charge is 1.00 e. The first-order valence-electron chi connectivity index (χ1n) is 5.58. The van der Waals surface area contributed by atoms with Gasteiger partial charge in [-0.1, -0.05) is 47.5 Å². The number of halogens is 2. The molecule has 0 saturated heterocycles. The van der Waals surface area contributed by atoms with Gasteiger partial charge in [0, 0.05) is 5.69 Å². The smallest absolute Gasteiger partial charge is 0.481 e. The lowest BCUT2D eigenvalue weighted by Gasteiger charge is -2.13. The summed E-state index contributed by atoms with van der Waals surface area (Å²) < 4.78 is 0. The normalized spacial score (nSPS) is 10.2. The minimum atomic E-state index is -0.889. The number of carbonyl (C=O) groups is 1. The summed E-state index contributed by atoms with van der Waals surface area (Å²) in [5, 5.41) is 12.9. The summed E-state index contributed by atoms with van der Waals surface area (Å²) in [5.41, 5.74) is 1.93. The van der Waals surface area contributed by atoms with Crippen LogP contribution in [0.25, 0.3) is 0 Å². The zero-order valence-corrected chi connectivity index (χ0v) is 11.4. The van der Waals surface area contributed by atoms with Crippen molar-refractivity contribution in [1.82, 2.24) is 0 Å². The van der Waals surface area contributed by atoms with Crippen LogP contribution in [0.15, 0.2) is 42.5 Å². The van der Waals surface area contributed by atoms with Crippen LogP contribution in [0.3, 0.4) is 0 Å². The number of benzene rings is 2. The van der Waals surface area contributed by atoms with Gasteiger partial charge in [-0.3, -0.25) is 4.79 Å². The number of aliphatic carboxylic acids is 1. The maximum atomic E-state index is 10.8. The van der Waals surface area contributed by atoms with E-state index in [1.54, 1.807) is 36.4 Å². The summed E-state index contributed by atoms with van der Waals surface area (Å²) >= 11 is 12.1. The number of hydrogen-bond donors (Lipinski definition) is 2. The highest BCUT2D eigenvalue weighted by atomic mass is 35.5. The second-order valence-corrected chi connectivity index (χ2v) is 4.76. The fourth-order valence-electron chi connectivity index (χ4n) is 1.71. The molecular formula is C14H12Cl2NO2+. The van der Waals surface area contributed by atoms with Crippen molar-refractivity contribution in [2.24, 2.45) is 0 Å². The van der Waals surface area contributed by atoms with Crippen molar-refractivity contribution >= 4 is 40.5 Å². The van der Waals surface area contributed by atoms with Crippen molar-refractivity contribution in [2.75, 3.05) is 5.32 Å². The Hall–Kier alpha value is -1.71. The Balaban J connectivity index is 0.00000200. The van der Waals surface area contributed by atoms with Crippen molar-refractivity contribution in [2.45, 2.75) is 6.42 Å². The molecule has 0 bridgehead atoms. The van der Waals surface area contributed by atoms with Gasteiger partial charge in [0.25, 0.3) is 0 Å². The highest BCUT2D eigenvalue weighted by Gasteiger charge is 2.10. The molecule has 0 heterocycles. The van der Waals surface area contributed by atoms with Crippen LogP contribution in [0, 0.1) is 0 Å². The number of rotatable bonds is 4. The highest BCUT2D eigenvalue weighted by molar-refractivity contribution is 6.39. The van der Waals surface area contributed by atoms with Crippen LogP contribution in [-0.2, 0) is 11.2 Å². The van der Waals surface area contributed by atoms with Crippen LogP contribution in [0.4, 0.5) is 11.4 Å². The van der Waals surface area contributed by atoms with Crippen LogP contribution in [-0.4, -0.2) is 11.1 Å². The van der Waals surface area contributed by atoms with Gasteiger partial charge >= 0.3 is 7.40 Å². The van der Waals surface area contributed by atoms with Crippen molar-refractivity contribution in [3.05, 3.63) is 58.1 Å². The Morgan fingerprint density at radius 1 is 1.11 bits per heavy atom. The summed E-state index contributed by atoms with van der Waals surface area (Å²) in [4.78, 5) is 10.8. The summed E-state index contributed by atoms with van der Waals surface area (Å²) in [6.07, 6.45) is -0.0642. The Kier molecular flexibility index (Phi) is 4.30. The molecule has 2 aromatic carbocycles. The number of carboxylic acid groups (broad SMARTS) is 1. The third-order valence-corrected chi connectivity index (χ3v) is 3.21. The number of carboxylic acids is 1. The first kappa shape index (κ1) is 13.7. The Bertz CT molecular complexity index is 600. The Morgan fingerprint density at radius 3 is 2.37 bits per heavy atom. The molecule has 0 aliphatic heterocycles. The molecule has 19 heavy (non-hydrogen) atoms. The molecule has 0 fully saturated rings. The fraction of sp³-hybridized carbons (Fsp3) is 0.0714. The van der Waals surface area contributed by atoms with E-state index >= 15 is 0 Å². The molecule has 3 nitrogen and oxygen atoms in total. The first-order chi connectivity index (χ1) is 9.08. The Labute approximate surface area is 122 Å². The maximum Gasteiger partial charge on any atom is 1.00 e. The van der Waals surface area contributed by atoms with E-state index in [1.165, 1.54) is 0 Å². The van der Waals surface area contributed by atoms with E-state index in [0.717, 1.165) is 0 Å². The van der Waals surface area contributed by atoms with Gasteiger partial charge in [-0.2, -0.15) is 0 Å². The molecule has 2 N–H and O–H groups in total. The van der Waals surface area contributed by atoms with Crippen molar-refractivity contribution in [1.29, 1.82) is 0 Å². The number of anilines is 2. The van der Waals surface area contributed by atoms with Crippen LogP contribution >= 0.6 is 23.2 Å². The molecule has 0 aliphatic carbocycles. The summed E-state index contributed by atoms with van der Waals surface area (Å²) in [5.74, 6) is -0.889. The van der Waals surface area contributed by atoms with Gasteiger partial charge in [-0.05, 0) is 23.8 Å². The molecule has 0 unspecified atom stereocenters. The zero-order valence-electron chi connectivity index (χ0n) is 10.9. The van der Waals surface area contributed by atoms with E-state index in [0.29, 0.717) is 27.0 Å². The van der Waals surface area contributed by atoms with E-state index in [9.17, 15) is 4.79 Å². The summed E-state index contributed by atoms with van der Waals surface area (Å²) in [7, 11) is 0. The van der Waals surface area contributed by atoms with Crippen molar-refractivity contribution in [3.63, 3.8) is 0 Å². The molecular weight excluding hydrogens is 285 g/mol. The quantitative estimate of drug-likeness (QED) is 0.875. The molecule has 0 atom stereocenters. The van der Waals surface area contributed by atoms with Crippen LogP contribution in [0.2, 0.25) is 10.0 Å². The van der Waals surface area contributed by atoms with Gasteiger partial charge in [0.2, 0.25) is 0 Å². The predicted octanol–water partition coefficient (Wildman–Crippen LogP) is 4.48. The molecule has 2 rings (SSSR count). The van der Waals surface area contributed by atoms with Gasteiger partial charge in [-0.15, -0.1) is 0 Å². The van der Waals surface area contributed by atoms with E-state index < -0.39 is 5.97 Å². The third-order valence-electron chi connectivity index (χ3n) is 2.58. The maximum absolute atomic E-state index is 10.8. The average molecular weight is 297 g/mol. The van der Waals surface area contributed by atoms with Gasteiger partial charge in [-0.25, -0.2) is 0 Å². The average Bonchev–Trinajstić information content (AvgIpc) is 2.35. The molecule has 0 amide bonds. The van der Waals surface area contributed by atoms with E-state index in [1.807, 2.05) is 6.07 Å². The topological polar surface area (TPSA) is 49.3 Å². The zero-order chi connectivity index (χ0) is 13.8. The summed E-state index contributed by atoms with van der Waals surface area (Å²) in [6.45, 7) is 0. The molecule has 0 aromatic heterocycles. The lowest BCUT2D eigenvalue weighted by Crippen LogP contribution is -2.04. The van der Waals surface area contributed by atoms with Gasteiger partial charge in [0.1, 0.15) is 0 Å². The van der Waals surface area contributed by atoms with Crippen LogP contribution < -0.4 is 5.32 Å². The lowest BCUT2D eigenvalue weighted by atomic mass is 10.1. The molecule has 0 radical (unpaired) electrons. The molecule has 2 aromatic rings. The lowest BCUT2D eigenvalue weighted by molar-refractivity contribution is -0.136.